The first-order chi connectivity index (χ1) is 9.15. The molecule has 3 nitrogen and oxygen atoms in total. The molecule has 1 unspecified atom stereocenters. The molecule has 0 aliphatic rings. The van der Waals surface area contributed by atoms with Gasteiger partial charge in [-0.15, -0.1) is 11.3 Å². The van der Waals surface area contributed by atoms with E-state index in [1.165, 1.54) is 0 Å². The Morgan fingerprint density at radius 3 is 2.95 bits per heavy atom. The number of hydrogen-bond donors (Lipinski definition) is 1. The van der Waals surface area contributed by atoms with Crippen LogP contribution in [0.15, 0.2) is 23.6 Å². The van der Waals surface area contributed by atoms with Gasteiger partial charge in [0.25, 0.3) is 0 Å². The molecule has 0 radical (unpaired) electrons. The van der Waals surface area contributed by atoms with Gasteiger partial charge in [-0.2, -0.15) is 0 Å². The van der Waals surface area contributed by atoms with Crippen molar-refractivity contribution < 1.29 is 4.74 Å². The Hall–Kier alpha value is -1.10. The van der Waals surface area contributed by atoms with Gasteiger partial charge in [0, 0.05) is 16.4 Å². The van der Waals surface area contributed by atoms with Crippen molar-refractivity contribution in [1.82, 2.24) is 10.3 Å². The Morgan fingerprint density at radius 1 is 1.47 bits per heavy atom. The summed E-state index contributed by atoms with van der Waals surface area (Å²) in [6.45, 7) is 5.13. The van der Waals surface area contributed by atoms with Crippen molar-refractivity contribution in [1.29, 1.82) is 0 Å². The van der Waals surface area contributed by atoms with E-state index in [0.29, 0.717) is 5.02 Å². The van der Waals surface area contributed by atoms with Crippen LogP contribution in [0.1, 0.15) is 25.6 Å². The van der Waals surface area contributed by atoms with Crippen molar-refractivity contribution in [3.05, 3.63) is 34.3 Å². The number of methoxy groups -OCH3 is 1. The first-order valence-electron chi connectivity index (χ1n) is 6.18. The summed E-state index contributed by atoms with van der Waals surface area (Å²) in [5, 5.41) is 7.05. The van der Waals surface area contributed by atoms with Crippen LogP contribution in [0.5, 0.6) is 5.75 Å². The molecule has 5 heteroatoms. The zero-order chi connectivity index (χ0) is 13.8. The number of thiazole rings is 1. The van der Waals surface area contributed by atoms with Gasteiger partial charge in [0.15, 0.2) is 0 Å². The molecule has 19 heavy (non-hydrogen) atoms. The summed E-state index contributed by atoms with van der Waals surface area (Å²) in [5.74, 6) is 0.754. The van der Waals surface area contributed by atoms with E-state index in [0.717, 1.165) is 28.6 Å². The lowest BCUT2D eigenvalue weighted by molar-refractivity contribution is 0.416. The lowest BCUT2D eigenvalue weighted by Gasteiger charge is -2.09. The van der Waals surface area contributed by atoms with Crippen LogP contribution in [-0.2, 0) is 0 Å². The molecule has 1 heterocycles. The summed E-state index contributed by atoms with van der Waals surface area (Å²) in [4.78, 5) is 4.67. The molecule has 2 aromatic rings. The monoisotopic (exact) mass is 296 g/mol. The molecule has 0 amide bonds. The van der Waals surface area contributed by atoms with Gasteiger partial charge in [-0.3, -0.25) is 0 Å². The Kier molecular flexibility index (Phi) is 4.80. The molecule has 1 N–H and O–H groups in total. The second-order valence-corrected chi connectivity index (χ2v) is 5.50. The molecule has 0 spiro atoms. The molecule has 0 saturated heterocycles. The largest absolute Gasteiger partial charge is 0.496 e. The molecule has 1 aromatic heterocycles. The van der Waals surface area contributed by atoms with Gasteiger partial charge in [-0.05, 0) is 31.7 Å². The van der Waals surface area contributed by atoms with Gasteiger partial charge in [0.1, 0.15) is 10.8 Å². The quantitative estimate of drug-likeness (QED) is 0.900. The van der Waals surface area contributed by atoms with Gasteiger partial charge in [0.2, 0.25) is 0 Å². The van der Waals surface area contributed by atoms with Crippen molar-refractivity contribution in [3.63, 3.8) is 0 Å². The zero-order valence-electron chi connectivity index (χ0n) is 11.2. The predicted octanol–water partition coefficient (Wildman–Crippen LogP) is 4.14. The standard InChI is InChI=1S/C14H17ClN2OS/c1-4-16-9(2)12-8-19-14(17-12)11-6-5-10(15)7-13(11)18-3/h5-9,16H,4H2,1-3H3. The zero-order valence-corrected chi connectivity index (χ0v) is 12.8. The van der Waals surface area contributed by atoms with E-state index >= 15 is 0 Å². The smallest absolute Gasteiger partial charge is 0.130 e. The maximum Gasteiger partial charge on any atom is 0.130 e. The number of ether oxygens (including phenoxy) is 1. The molecule has 2 rings (SSSR count). The van der Waals surface area contributed by atoms with Crippen molar-refractivity contribution in [2.24, 2.45) is 0 Å². The van der Waals surface area contributed by atoms with E-state index in [1.54, 1.807) is 18.4 Å². The van der Waals surface area contributed by atoms with Crippen LogP contribution < -0.4 is 10.1 Å². The molecule has 1 aromatic carbocycles. The highest BCUT2D eigenvalue weighted by Crippen LogP contribution is 2.35. The van der Waals surface area contributed by atoms with Crippen LogP contribution in [0, 0.1) is 0 Å². The van der Waals surface area contributed by atoms with Gasteiger partial charge in [-0.25, -0.2) is 4.98 Å². The minimum Gasteiger partial charge on any atom is -0.496 e. The molecule has 1 atom stereocenters. The minimum atomic E-state index is 0.258. The van der Waals surface area contributed by atoms with Gasteiger partial charge in [-0.1, -0.05) is 18.5 Å². The van der Waals surface area contributed by atoms with Crippen LogP contribution in [0.25, 0.3) is 10.6 Å². The van der Waals surface area contributed by atoms with Crippen molar-refractivity contribution in [2.75, 3.05) is 13.7 Å². The van der Waals surface area contributed by atoms with E-state index < -0.39 is 0 Å². The average Bonchev–Trinajstić information content (AvgIpc) is 2.88. The summed E-state index contributed by atoms with van der Waals surface area (Å²) >= 11 is 7.59. The number of benzene rings is 1. The number of aromatic nitrogens is 1. The molecule has 0 aliphatic heterocycles. The SMILES string of the molecule is CCNC(C)c1csc(-c2ccc(Cl)cc2OC)n1. The molecule has 0 bridgehead atoms. The van der Waals surface area contributed by atoms with Crippen LogP contribution >= 0.6 is 22.9 Å². The summed E-state index contributed by atoms with van der Waals surface area (Å²) in [6, 6.07) is 5.87. The molecular weight excluding hydrogens is 280 g/mol. The molecule has 0 aliphatic carbocycles. The second-order valence-electron chi connectivity index (χ2n) is 4.20. The summed E-state index contributed by atoms with van der Waals surface area (Å²) in [6.07, 6.45) is 0. The normalized spacial score (nSPS) is 12.4. The third-order valence-corrected chi connectivity index (χ3v) is 4.00. The number of rotatable bonds is 5. The van der Waals surface area contributed by atoms with Crippen molar-refractivity contribution >= 4 is 22.9 Å². The third kappa shape index (κ3) is 3.26. The molecule has 0 fully saturated rings. The Bertz CT molecular complexity index is 556. The van der Waals surface area contributed by atoms with Gasteiger partial charge < -0.3 is 10.1 Å². The minimum absolute atomic E-state index is 0.258. The first kappa shape index (κ1) is 14.3. The number of hydrogen-bond acceptors (Lipinski definition) is 4. The fraction of sp³-hybridized carbons (Fsp3) is 0.357. The highest BCUT2D eigenvalue weighted by atomic mass is 35.5. The van der Waals surface area contributed by atoms with Gasteiger partial charge in [0.05, 0.1) is 18.4 Å². The Balaban J connectivity index is 2.32. The van der Waals surface area contributed by atoms with E-state index in [9.17, 15) is 0 Å². The van der Waals surface area contributed by atoms with Crippen molar-refractivity contribution in [2.45, 2.75) is 19.9 Å². The fourth-order valence-electron chi connectivity index (χ4n) is 1.86. The van der Waals surface area contributed by atoms with Crippen LogP contribution in [-0.4, -0.2) is 18.6 Å². The third-order valence-electron chi connectivity index (χ3n) is 2.87. The van der Waals surface area contributed by atoms with Crippen LogP contribution in [0.4, 0.5) is 0 Å². The van der Waals surface area contributed by atoms with Gasteiger partial charge >= 0.3 is 0 Å². The average molecular weight is 297 g/mol. The van der Waals surface area contributed by atoms with Crippen LogP contribution in [0.2, 0.25) is 5.02 Å². The fourth-order valence-corrected chi connectivity index (χ4v) is 2.97. The maximum atomic E-state index is 5.97. The van der Waals surface area contributed by atoms with E-state index in [4.69, 9.17) is 16.3 Å². The topological polar surface area (TPSA) is 34.1 Å². The van der Waals surface area contributed by atoms with E-state index in [1.807, 2.05) is 18.2 Å². The van der Waals surface area contributed by atoms with E-state index in [2.05, 4.69) is 29.5 Å². The molecule has 0 saturated carbocycles. The Morgan fingerprint density at radius 2 is 2.26 bits per heavy atom. The highest BCUT2D eigenvalue weighted by molar-refractivity contribution is 7.13. The second kappa shape index (κ2) is 6.37. The maximum absolute atomic E-state index is 5.97. The Labute approximate surface area is 122 Å². The number of nitrogens with zero attached hydrogens (tertiary/aromatic N) is 1. The summed E-state index contributed by atoms with van der Waals surface area (Å²) in [5.41, 5.74) is 2.03. The summed E-state index contributed by atoms with van der Waals surface area (Å²) in [7, 11) is 1.64. The first-order valence-corrected chi connectivity index (χ1v) is 7.44. The van der Waals surface area contributed by atoms with E-state index in [-0.39, 0.29) is 6.04 Å². The lowest BCUT2D eigenvalue weighted by atomic mass is 10.2. The predicted molar refractivity (Wildman–Crippen MR) is 81.2 cm³/mol. The number of halogens is 1. The highest BCUT2D eigenvalue weighted by Gasteiger charge is 2.13. The summed E-state index contributed by atoms with van der Waals surface area (Å²) < 4.78 is 5.36. The molecular formula is C14H17ClN2OS. The molecule has 102 valence electrons. The lowest BCUT2D eigenvalue weighted by Crippen LogP contribution is -2.17. The number of nitrogens with one attached hydrogen (secondary N) is 1. The van der Waals surface area contributed by atoms with Crippen LogP contribution in [0.3, 0.4) is 0 Å². The van der Waals surface area contributed by atoms with Crippen molar-refractivity contribution in [3.8, 4) is 16.3 Å².